The van der Waals surface area contributed by atoms with Gasteiger partial charge in [-0.05, 0) is 32.4 Å². The molecule has 93 valence electrons. The van der Waals surface area contributed by atoms with E-state index in [-0.39, 0.29) is 32.7 Å². The van der Waals surface area contributed by atoms with Crippen LogP contribution >= 0.6 is 0 Å². The van der Waals surface area contributed by atoms with E-state index in [9.17, 15) is 4.79 Å². The zero-order valence-electron chi connectivity index (χ0n) is 10.8. The normalized spacial score (nSPS) is 24.0. The van der Waals surface area contributed by atoms with Crippen molar-refractivity contribution in [2.75, 3.05) is 20.1 Å². The van der Waals surface area contributed by atoms with Gasteiger partial charge in [0.15, 0.2) is 0 Å². The standard InChI is InChI=1S/C10H19N2O.C2H5.Y/c1-3-9-6-10(12(2)7-9)4-5-11-8-13;1-2;/h9-10H,3-7H2,1-2H3,(H,11,13);1H2,2H3;/q2*-1;/t9-,10-;;/m1../s1. The molecule has 1 saturated heterocycles. The Morgan fingerprint density at radius 3 is 2.56 bits per heavy atom. The van der Waals surface area contributed by atoms with Gasteiger partial charge < -0.3 is 21.9 Å². The number of hydrogen-bond donors (Lipinski definition) is 1. The van der Waals surface area contributed by atoms with Crippen molar-refractivity contribution in [2.45, 2.75) is 39.2 Å². The maximum atomic E-state index is 9.93. The van der Waals surface area contributed by atoms with Gasteiger partial charge in [-0.3, -0.25) is 0 Å². The van der Waals surface area contributed by atoms with E-state index in [2.05, 4.69) is 31.1 Å². The number of likely N-dealkylation sites (tertiary alicyclic amines) is 1. The van der Waals surface area contributed by atoms with Crippen molar-refractivity contribution in [3.05, 3.63) is 6.92 Å². The van der Waals surface area contributed by atoms with E-state index in [4.69, 9.17) is 0 Å². The molecule has 16 heavy (non-hydrogen) atoms. The Balaban J connectivity index is 0. The van der Waals surface area contributed by atoms with Gasteiger partial charge >= 0.3 is 0 Å². The van der Waals surface area contributed by atoms with Crippen LogP contribution in [0.1, 0.15) is 33.1 Å². The molecule has 1 N–H and O–H groups in total. The second-order valence-electron chi connectivity index (χ2n) is 3.92. The van der Waals surface area contributed by atoms with Crippen molar-refractivity contribution in [1.82, 2.24) is 10.2 Å². The van der Waals surface area contributed by atoms with Crippen LogP contribution in [0.3, 0.4) is 0 Å². The van der Waals surface area contributed by atoms with Gasteiger partial charge in [-0.2, -0.15) is 13.3 Å². The zero-order chi connectivity index (χ0) is 11.7. The maximum absolute atomic E-state index is 9.93. The summed E-state index contributed by atoms with van der Waals surface area (Å²) in [5, 5.41) is 2.60. The second-order valence-corrected chi connectivity index (χ2v) is 3.92. The van der Waals surface area contributed by atoms with Crippen LogP contribution in [-0.2, 0) is 37.5 Å². The third-order valence-electron chi connectivity index (χ3n) is 3.03. The second kappa shape index (κ2) is 12.0. The first-order chi connectivity index (χ1) is 7.27. The number of rotatable bonds is 5. The Labute approximate surface area is 126 Å². The largest absolute Gasteiger partial charge is 0.530 e. The minimum atomic E-state index is 0. The molecule has 0 saturated carbocycles. The zero-order valence-corrected chi connectivity index (χ0v) is 13.7. The van der Waals surface area contributed by atoms with Crippen LogP contribution in [-0.4, -0.2) is 37.5 Å². The molecule has 0 spiro atoms. The van der Waals surface area contributed by atoms with E-state index in [0.717, 1.165) is 18.9 Å². The Hall–Kier alpha value is 0.534. The molecular weight excluding hydrogens is 277 g/mol. The molecule has 1 heterocycles. The molecule has 1 rings (SSSR count). The average Bonchev–Trinajstić information content (AvgIpc) is 2.63. The van der Waals surface area contributed by atoms with E-state index >= 15 is 0 Å². The fraction of sp³-hybridized carbons (Fsp3) is 0.833. The molecule has 1 radical (unpaired) electrons. The molecule has 0 aliphatic carbocycles. The van der Waals surface area contributed by atoms with Crippen molar-refractivity contribution < 1.29 is 37.5 Å². The predicted octanol–water partition coefficient (Wildman–Crippen LogP) is 1.60. The van der Waals surface area contributed by atoms with E-state index in [0.29, 0.717) is 6.04 Å². The molecule has 2 atom stereocenters. The van der Waals surface area contributed by atoms with Crippen LogP contribution in [0.5, 0.6) is 0 Å². The monoisotopic (exact) mass is 301 g/mol. The molecule has 0 aromatic rings. The van der Waals surface area contributed by atoms with Crippen molar-refractivity contribution in [3.63, 3.8) is 0 Å². The van der Waals surface area contributed by atoms with E-state index < -0.39 is 0 Å². The first-order valence-electron chi connectivity index (χ1n) is 5.78. The van der Waals surface area contributed by atoms with Crippen molar-refractivity contribution >= 4 is 6.41 Å². The van der Waals surface area contributed by atoms with Gasteiger partial charge in [-0.15, -0.1) is 0 Å². The fourth-order valence-electron chi connectivity index (χ4n) is 2.12. The minimum absolute atomic E-state index is 0. The molecule has 1 aliphatic rings. The van der Waals surface area contributed by atoms with Crippen molar-refractivity contribution in [3.8, 4) is 0 Å². The molecule has 1 aliphatic heterocycles. The molecular formula is C12H24N2OY-2. The third kappa shape index (κ3) is 6.98. The van der Waals surface area contributed by atoms with Gasteiger partial charge in [-0.25, -0.2) is 0 Å². The smallest absolute Gasteiger partial charge is 0.0111 e. The summed E-state index contributed by atoms with van der Waals surface area (Å²) < 4.78 is 0. The summed E-state index contributed by atoms with van der Waals surface area (Å²) >= 11 is 0. The SMILES string of the molecule is CC[C@@H]1C[C@@H](CCN[C-]=O)N(C)C1.[CH2-]C.[Y]. The Kier molecular flexibility index (Phi) is 14.2. The van der Waals surface area contributed by atoms with Crippen LogP contribution in [0, 0.1) is 12.8 Å². The molecule has 3 nitrogen and oxygen atoms in total. The molecule has 1 fully saturated rings. The quantitative estimate of drug-likeness (QED) is 0.475. The summed E-state index contributed by atoms with van der Waals surface area (Å²) in [5.41, 5.74) is 0. The van der Waals surface area contributed by atoms with Gasteiger partial charge in [0, 0.05) is 45.3 Å². The van der Waals surface area contributed by atoms with Crippen LogP contribution in [0.2, 0.25) is 0 Å². The number of amides is 1. The summed E-state index contributed by atoms with van der Waals surface area (Å²) in [6, 6.07) is 0.658. The molecule has 0 bridgehead atoms. The van der Waals surface area contributed by atoms with Crippen molar-refractivity contribution in [1.29, 1.82) is 0 Å². The number of carbonyl (C=O) groups excluding carboxylic acids is 1. The molecule has 1 amide bonds. The predicted molar refractivity (Wildman–Crippen MR) is 64.2 cm³/mol. The Morgan fingerprint density at radius 2 is 2.12 bits per heavy atom. The molecule has 4 heteroatoms. The topological polar surface area (TPSA) is 32.3 Å². The van der Waals surface area contributed by atoms with Crippen LogP contribution < -0.4 is 5.32 Å². The summed E-state index contributed by atoms with van der Waals surface area (Å²) in [6.45, 7) is 9.22. The van der Waals surface area contributed by atoms with Gasteiger partial charge in [0.2, 0.25) is 0 Å². The van der Waals surface area contributed by atoms with Gasteiger partial charge in [0.1, 0.15) is 0 Å². The Bertz CT molecular complexity index is 167. The fourth-order valence-corrected chi connectivity index (χ4v) is 2.12. The summed E-state index contributed by atoms with van der Waals surface area (Å²) in [4.78, 5) is 12.3. The number of hydrogen-bond acceptors (Lipinski definition) is 2. The first kappa shape index (κ1) is 18.9. The average molecular weight is 301 g/mol. The summed E-state index contributed by atoms with van der Waals surface area (Å²) in [5.74, 6) is 0.857. The van der Waals surface area contributed by atoms with Crippen LogP contribution in [0.25, 0.3) is 0 Å². The van der Waals surface area contributed by atoms with Crippen LogP contribution in [0.4, 0.5) is 0 Å². The van der Waals surface area contributed by atoms with E-state index in [1.807, 2.05) is 0 Å². The molecule has 0 aromatic heterocycles. The summed E-state index contributed by atoms with van der Waals surface area (Å²) in [6.07, 6.45) is 5.33. The van der Waals surface area contributed by atoms with E-state index in [1.54, 1.807) is 13.3 Å². The maximum Gasteiger partial charge on any atom is 0.0111 e. The summed E-state index contributed by atoms with van der Waals surface area (Å²) in [7, 11) is 2.17. The third-order valence-corrected chi connectivity index (χ3v) is 3.03. The molecule has 0 unspecified atom stereocenters. The first-order valence-corrected chi connectivity index (χ1v) is 5.78. The number of nitrogens with one attached hydrogen (secondary N) is 1. The van der Waals surface area contributed by atoms with E-state index in [1.165, 1.54) is 19.4 Å². The van der Waals surface area contributed by atoms with Gasteiger partial charge in [0.25, 0.3) is 0 Å². The van der Waals surface area contributed by atoms with Gasteiger partial charge in [-0.1, -0.05) is 13.3 Å². The van der Waals surface area contributed by atoms with Crippen molar-refractivity contribution in [2.24, 2.45) is 5.92 Å². The Morgan fingerprint density at radius 1 is 1.50 bits per heavy atom. The van der Waals surface area contributed by atoms with Gasteiger partial charge in [0.05, 0.1) is 0 Å². The number of nitrogens with zero attached hydrogens (tertiary/aromatic N) is 1. The minimum Gasteiger partial charge on any atom is -0.530 e. The molecule has 0 aromatic carbocycles. The van der Waals surface area contributed by atoms with Crippen LogP contribution in [0.15, 0.2) is 0 Å².